The van der Waals surface area contributed by atoms with E-state index in [9.17, 15) is 13.2 Å². The lowest BCUT2D eigenvalue weighted by Crippen LogP contribution is -2.43. The Hall–Kier alpha value is -1.41. The van der Waals surface area contributed by atoms with Gasteiger partial charge in [0, 0.05) is 36.8 Å². The summed E-state index contributed by atoms with van der Waals surface area (Å²) < 4.78 is 36.7. The van der Waals surface area contributed by atoms with Crippen molar-refractivity contribution in [2.24, 2.45) is 4.99 Å². The molecule has 1 aromatic rings. The lowest BCUT2D eigenvalue weighted by atomic mass is 10.4. The van der Waals surface area contributed by atoms with Crippen LogP contribution in [0.5, 0.6) is 0 Å². The number of benzene rings is 1. The number of aliphatic imine (C=N–C) groups is 1. The maximum Gasteiger partial charge on any atom is 0.401 e. The van der Waals surface area contributed by atoms with E-state index >= 15 is 0 Å². The van der Waals surface area contributed by atoms with Gasteiger partial charge in [0.2, 0.25) is 0 Å². The first-order chi connectivity index (χ1) is 11.3. The molecule has 0 fully saturated rings. The van der Waals surface area contributed by atoms with E-state index in [-0.39, 0.29) is 6.54 Å². The monoisotopic (exact) mass is 362 g/mol. The van der Waals surface area contributed by atoms with Gasteiger partial charge in [-0.05, 0) is 19.2 Å². The van der Waals surface area contributed by atoms with Crippen LogP contribution >= 0.6 is 11.8 Å². The Labute approximate surface area is 145 Å². The molecular weight excluding hydrogens is 337 g/mol. The summed E-state index contributed by atoms with van der Waals surface area (Å²) in [5.74, 6) is 0.593. The zero-order chi connectivity index (χ0) is 18.0. The number of nitrogens with one attached hydrogen (secondary N) is 2. The third kappa shape index (κ3) is 9.67. The average molecular weight is 362 g/mol. The molecule has 2 N–H and O–H groups in total. The standard InChI is InChI=1S/C16H25F3N4S/c1-13(24-14-7-5-4-6-8-14)11-22-15(20-2)21-9-10-23(3)12-16(17,18)19/h4-8,13H,9-12H2,1-3H3,(H2,20,21,22). The van der Waals surface area contributed by atoms with Gasteiger partial charge in [-0.3, -0.25) is 9.89 Å². The number of hydrogen-bond donors (Lipinski definition) is 2. The van der Waals surface area contributed by atoms with Crippen molar-refractivity contribution in [1.29, 1.82) is 0 Å². The molecule has 1 atom stereocenters. The predicted molar refractivity (Wildman–Crippen MR) is 94.7 cm³/mol. The van der Waals surface area contributed by atoms with E-state index in [1.165, 1.54) is 16.8 Å². The van der Waals surface area contributed by atoms with Crippen molar-refractivity contribution in [3.05, 3.63) is 30.3 Å². The van der Waals surface area contributed by atoms with Crippen LogP contribution in [0, 0.1) is 0 Å². The lowest BCUT2D eigenvalue weighted by Gasteiger charge is -2.20. The van der Waals surface area contributed by atoms with Crippen molar-refractivity contribution in [3.63, 3.8) is 0 Å². The summed E-state index contributed by atoms with van der Waals surface area (Å²) in [5, 5.41) is 6.55. The second kappa shape index (κ2) is 10.5. The van der Waals surface area contributed by atoms with Gasteiger partial charge in [0.05, 0.1) is 6.54 Å². The van der Waals surface area contributed by atoms with Crippen LogP contribution in [-0.2, 0) is 0 Å². The molecular formula is C16H25F3N4S. The molecule has 8 heteroatoms. The largest absolute Gasteiger partial charge is 0.401 e. The molecule has 1 aromatic carbocycles. The topological polar surface area (TPSA) is 39.7 Å². The van der Waals surface area contributed by atoms with Crippen LogP contribution in [0.25, 0.3) is 0 Å². The number of likely N-dealkylation sites (N-methyl/N-ethyl adjacent to an activating group) is 1. The summed E-state index contributed by atoms with van der Waals surface area (Å²) in [7, 11) is 3.09. The van der Waals surface area contributed by atoms with Gasteiger partial charge in [0.15, 0.2) is 5.96 Å². The Morgan fingerprint density at radius 2 is 1.92 bits per heavy atom. The van der Waals surface area contributed by atoms with Crippen LogP contribution < -0.4 is 10.6 Å². The van der Waals surface area contributed by atoms with E-state index in [0.29, 0.717) is 24.3 Å². The fourth-order valence-corrected chi connectivity index (χ4v) is 2.93. The maximum absolute atomic E-state index is 12.2. The highest BCUT2D eigenvalue weighted by Gasteiger charge is 2.28. The van der Waals surface area contributed by atoms with Gasteiger partial charge in [-0.25, -0.2) is 0 Å². The fraction of sp³-hybridized carbons (Fsp3) is 0.562. The molecule has 0 spiro atoms. The number of hydrogen-bond acceptors (Lipinski definition) is 3. The highest BCUT2D eigenvalue weighted by atomic mass is 32.2. The van der Waals surface area contributed by atoms with E-state index in [2.05, 4.69) is 34.7 Å². The normalized spacial score (nSPS) is 13.9. The van der Waals surface area contributed by atoms with Gasteiger partial charge in [-0.15, -0.1) is 11.8 Å². The summed E-state index contributed by atoms with van der Waals surface area (Å²) in [6.07, 6.45) is -4.17. The van der Waals surface area contributed by atoms with E-state index in [1.54, 1.807) is 18.8 Å². The summed E-state index contributed by atoms with van der Waals surface area (Å²) in [5.41, 5.74) is 0. The third-order valence-corrected chi connectivity index (χ3v) is 4.21. The Balaban J connectivity index is 2.25. The Morgan fingerprint density at radius 3 is 2.50 bits per heavy atom. The smallest absolute Gasteiger partial charge is 0.355 e. The van der Waals surface area contributed by atoms with Crippen molar-refractivity contribution >= 4 is 17.7 Å². The zero-order valence-corrected chi connectivity index (χ0v) is 15.0. The summed E-state index contributed by atoms with van der Waals surface area (Å²) >= 11 is 1.75. The van der Waals surface area contributed by atoms with E-state index in [0.717, 1.165) is 0 Å². The molecule has 0 aliphatic carbocycles. The van der Waals surface area contributed by atoms with Gasteiger partial charge in [-0.1, -0.05) is 25.1 Å². The molecule has 0 amide bonds. The zero-order valence-electron chi connectivity index (χ0n) is 14.2. The number of guanidine groups is 1. The first-order valence-corrected chi connectivity index (χ1v) is 8.59. The van der Waals surface area contributed by atoms with Gasteiger partial charge >= 0.3 is 6.18 Å². The maximum atomic E-state index is 12.2. The van der Waals surface area contributed by atoms with Crippen molar-refractivity contribution in [2.75, 3.05) is 40.3 Å². The second-order valence-corrected chi connectivity index (χ2v) is 6.99. The minimum absolute atomic E-state index is 0.286. The number of nitrogens with zero attached hydrogens (tertiary/aromatic N) is 2. The van der Waals surface area contributed by atoms with Crippen LogP contribution in [-0.4, -0.2) is 62.6 Å². The number of rotatable bonds is 8. The van der Waals surface area contributed by atoms with Crippen LogP contribution in [0.3, 0.4) is 0 Å². The van der Waals surface area contributed by atoms with Crippen molar-refractivity contribution in [2.45, 2.75) is 23.2 Å². The molecule has 0 aromatic heterocycles. The molecule has 0 aliphatic heterocycles. The van der Waals surface area contributed by atoms with E-state index in [1.807, 2.05) is 18.2 Å². The first-order valence-electron chi connectivity index (χ1n) is 7.71. The molecule has 4 nitrogen and oxygen atoms in total. The quantitative estimate of drug-likeness (QED) is 0.424. The van der Waals surface area contributed by atoms with Crippen LogP contribution in [0.4, 0.5) is 13.2 Å². The molecule has 0 saturated carbocycles. The van der Waals surface area contributed by atoms with Crippen molar-refractivity contribution in [1.82, 2.24) is 15.5 Å². The molecule has 0 bridgehead atoms. The Morgan fingerprint density at radius 1 is 1.25 bits per heavy atom. The average Bonchev–Trinajstić information content (AvgIpc) is 2.50. The lowest BCUT2D eigenvalue weighted by molar-refractivity contribution is -0.142. The number of thioether (sulfide) groups is 1. The minimum atomic E-state index is -4.17. The third-order valence-electron chi connectivity index (χ3n) is 3.10. The Bertz CT molecular complexity index is 494. The van der Waals surface area contributed by atoms with Crippen LogP contribution in [0.15, 0.2) is 40.2 Å². The molecule has 0 radical (unpaired) electrons. The SMILES string of the molecule is CN=C(NCCN(C)CC(F)(F)F)NCC(C)Sc1ccccc1. The summed E-state index contributed by atoms with van der Waals surface area (Å²) in [6.45, 7) is 2.58. The molecule has 0 aliphatic rings. The number of halogens is 3. The van der Waals surface area contributed by atoms with Crippen LogP contribution in [0.1, 0.15) is 6.92 Å². The molecule has 0 heterocycles. The predicted octanol–water partition coefficient (Wildman–Crippen LogP) is 2.83. The van der Waals surface area contributed by atoms with Crippen LogP contribution in [0.2, 0.25) is 0 Å². The first kappa shape index (κ1) is 20.6. The molecule has 1 rings (SSSR count). The van der Waals surface area contributed by atoms with Crippen molar-refractivity contribution < 1.29 is 13.2 Å². The van der Waals surface area contributed by atoms with E-state index < -0.39 is 12.7 Å². The van der Waals surface area contributed by atoms with Gasteiger partial charge in [-0.2, -0.15) is 13.2 Å². The highest BCUT2D eigenvalue weighted by molar-refractivity contribution is 8.00. The summed E-state index contributed by atoms with van der Waals surface area (Å²) in [4.78, 5) is 6.51. The number of alkyl halides is 3. The highest BCUT2D eigenvalue weighted by Crippen LogP contribution is 2.21. The minimum Gasteiger partial charge on any atom is -0.355 e. The molecule has 0 saturated heterocycles. The van der Waals surface area contributed by atoms with Gasteiger partial charge in [0.1, 0.15) is 0 Å². The molecule has 24 heavy (non-hydrogen) atoms. The second-order valence-electron chi connectivity index (χ2n) is 5.47. The molecule has 136 valence electrons. The fourth-order valence-electron chi connectivity index (χ4n) is 1.98. The van der Waals surface area contributed by atoms with Gasteiger partial charge < -0.3 is 10.6 Å². The Kier molecular flexibility index (Phi) is 8.99. The van der Waals surface area contributed by atoms with Gasteiger partial charge in [0.25, 0.3) is 0 Å². The van der Waals surface area contributed by atoms with Crippen molar-refractivity contribution in [3.8, 4) is 0 Å². The van der Waals surface area contributed by atoms with E-state index in [4.69, 9.17) is 0 Å². The summed E-state index contributed by atoms with van der Waals surface area (Å²) in [6, 6.07) is 10.1. The molecule has 1 unspecified atom stereocenters.